The minimum atomic E-state index is -4.76. The number of alkyl halides is 3. The number of anilines is 1. The molecule has 3 N–H and O–H groups in total. The number of hydrogen-bond acceptors (Lipinski definition) is 9. The van der Waals surface area contributed by atoms with Crippen molar-refractivity contribution in [3.63, 3.8) is 0 Å². The molecule has 4 heterocycles. The molecule has 2 fully saturated rings. The topological polar surface area (TPSA) is 120 Å². The summed E-state index contributed by atoms with van der Waals surface area (Å²) in [6.45, 7) is 5.80. The number of benzene rings is 3. The Morgan fingerprint density at radius 2 is 1.56 bits per heavy atom. The zero-order valence-corrected chi connectivity index (χ0v) is 32.3. The van der Waals surface area contributed by atoms with Crippen LogP contribution in [-0.2, 0) is 20.8 Å². The van der Waals surface area contributed by atoms with E-state index in [4.69, 9.17) is 15.2 Å². The van der Waals surface area contributed by atoms with Crippen molar-refractivity contribution in [3.05, 3.63) is 114 Å². The van der Waals surface area contributed by atoms with Crippen LogP contribution in [0.5, 0.6) is 0 Å². The second kappa shape index (κ2) is 19.9. The van der Waals surface area contributed by atoms with Crippen molar-refractivity contribution in [2.75, 3.05) is 38.7 Å². The molecule has 0 radical (unpaired) electrons. The fraction of sp³-hybridized carbons (Fsp3) is 0.415. The number of rotatable bonds is 10. The van der Waals surface area contributed by atoms with Crippen LogP contribution in [0.4, 0.5) is 19.0 Å². The van der Waals surface area contributed by atoms with Gasteiger partial charge in [-0.15, -0.1) is 12.6 Å². The predicted molar refractivity (Wildman–Crippen MR) is 211 cm³/mol. The van der Waals surface area contributed by atoms with Crippen LogP contribution in [0.1, 0.15) is 80.1 Å². The van der Waals surface area contributed by atoms with E-state index < -0.39 is 12.1 Å². The lowest BCUT2D eigenvalue weighted by atomic mass is 9.89. The van der Waals surface area contributed by atoms with Crippen molar-refractivity contribution in [3.8, 4) is 0 Å². The van der Waals surface area contributed by atoms with Crippen molar-refractivity contribution < 1.29 is 27.4 Å². The zero-order chi connectivity index (χ0) is 39.4. The minimum absolute atomic E-state index is 0.0818. The third kappa shape index (κ3) is 10.8. The lowest BCUT2D eigenvalue weighted by Gasteiger charge is -2.32. The quantitative estimate of drug-likeness (QED) is 0.122. The van der Waals surface area contributed by atoms with Crippen LogP contribution in [-0.4, -0.2) is 76.0 Å². The first-order valence-electron chi connectivity index (χ1n) is 18.7. The number of likely N-dealkylation sites (tertiary alicyclic amines) is 1. The molecule has 2 atom stereocenters. The zero-order valence-electron chi connectivity index (χ0n) is 31.5. The highest BCUT2D eigenvalue weighted by atomic mass is 32.1. The Kier molecular flexibility index (Phi) is 15.1. The van der Waals surface area contributed by atoms with E-state index in [1.807, 2.05) is 54.8 Å². The maximum atomic E-state index is 12.3. The number of nitrogens with one attached hydrogen (secondary N) is 1. The number of ether oxygens (including phenoxy) is 2. The van der Waals surface area contributed by atoms with Gasteiger partial charge >= 0.3 is 12.1 Å². The van der Waals surface area contributed by atoms with E-state index in [0.717, 1.165) is 39.4 Å². The van der Waals surface area contributed by atoms with Gasteiger partial charge in [-0.25, -0.2) is 15.0 Å². The smallest absolute Gasteiger partial charge is 0.382 e. The molecule has 2 aromatic heterocycles. The first-order valence-corrected chi connectivity index (χ1v) is 19.2. The van der Waals surface area contributed by atoms with Crippen LogP contribution >= 0.6 is 12.6 Å². The number of hydrogen-bond donors (Lipinski definition) is 3. The molecule has 2 unspecified atom stereocenters. The number of fused-ring (bicyclic) bond motifs is 1. The van der Waals surface area contributed by atoms with Crippen molar-refractivity contribution in [2.45, 2.75) is 81.3 Å². The van der Waals surface area contributed by atoms with Crippen LogP contribution in [0, 0.1) is 0 Å². The highest BCUT2D eigenvalue weighted by molar-refractivity contribution is 7.80. The molecule has 55 heavy (non-hydrogen) atoms. The number of nitrogens with zero attached hydrogens (tertiary/aromatic N) is 5. The Labute approximate surface area is 326 Å². The summed E-state index contributed by atoms with van der Waals surface area (Å²) in [6.07, 6.45) is -0.0703. The number of thiol groups is 1. The summed E-state index contributed by atoms with van der Waals surface area (Å²) < 4.78 is 50.3. The van der Waals surface area contributed by atoms with Crippen LogP contribution in [0.25, 0.3) is 11.2 Å². The average Bonchev–Trinajstić information content (AvgIpc) is 3.87. The Morgan fingerprint density at radius 1 is 0.945 bits per heavy atom. The molecule has 0 aliphatic carbocycles. The van der Waals surface area contributed by atoms with E-state index in [0.29, 0.717) is 37.6 Å². The first-order chi connectivity index (χ1) is 26.6. The number of piperidine rings is 1. The summed E-state index contributed by atoms with van der Waals surface area (Å²) in [4.78, 5) is 26.9. The average molecular weight is 778 g/mol. The molecule has 2 saturated heterocycles. The molecule has 294 valence electrons. The molecule has 0 bridgehead atoms. The Morgan fingerprint density at radius 3 is 2.13 bits per heavy atom. The molecular weight excluding hydrogens is 728 g/mol. The fourth-order valence-electron chi connectivity index (χ4n) is 6.93. The number of carbonyl (C=O) groups is 1. The van der Waals surface area contributed by atoms with Gasteiger partial charge in [0.05, 0.1) is 25.6 Å². The lowest BCUT2D eigenvalue weighted by Crippen LogP contribution is -2.45. The largest absolute Gasteiger partial charge is 0.471 e. The van der Waals surface area contributed by atoms with Crippen molar-refractivity contribution >= 4 is 35.5 Å². The molecule has 0 saturated carbocycles. The Bertz CT molecular complexity index is 1880. The van der Waals surface area contributed by atoms with Gasteiger partial charge < -0.3 is 25.4 Å². The van der Waals surface area contributed by atoms with E-state index in [2.05, 4.69) is 81.4 Å². The highest BCUT2D eigenvalue weighted by Crippen LogP contribution is 2.33. The predicted octanol–water partition coefficient (Wildman–Crippen LogP) is 8.12. The van der Waals surface area contributed by atoms with Gasteiger partial charge in [-0.3, -0.25) is 9.36 Å². The normalized spacial score (nSPS) is 17.4. The second-order valence-electron chi connectivity index (χ2n) is 13.2. The van der Waals surface area contributed by atoms with Crippen LogP contribution in [0.2, 0.25) is 0 Å². The number of halogens is 3. The van der Waals surface area contributed by atoms with Gasteiger partial charge in [-0.05, 0) is 60.4 Å². The summed E-state index contributed by atoms with van der Waals surface area (Å²) in [5.41, 5.74) is 11.0. The van der Waals surface area contributed by atoms with E-state index >= 15 is 0 Å². The van der Waals surface area contributed by atoms with Crippen LogP contribution in [0.15, 0.2) is 96.2 Å². The molecule has 1 amide bonds. The molecule has 5 aromatic rings. The maximum Gasteiger partial charge on any atom is 0.471 e. The monoisotopic (exact) mass is 777 g/mol. The maximum absolute atomic E-state index is 12.3. The summed E-state index contributed by atoms with van der Waals surface area (Å²) in [7, 11) is 1.69. The van der Waals surface area contributed by atoms with Gasteiger partial charge in [-0.1, -0.05) is 86.6 Å². The number of imidazole rings is 1. The highest BCUT2D eigenvalue weighted by Gasteiger charge is 2.43. The van der Waals surface area contributed by atoms with Crippen molar-refractivity contribution in [1.82, 2.24) is 24.4 Å². The van der Waals surface area contributed by atoms with Gasteiger partial charge in [0.15, 0.2) is 17.0 Å². The Balaban J connectivity index is 0.000000234. The van der Waals surface area contributed by atoms with Gasteiger partial charge in [0.1, 0.15) is 12.1 Å². The SMILES string of the molecule is CC.COCC1CCC(n2cnc3c(NCC(c4ccccc4)c4ccccc4)nc(CN)nc32)O1.O=C(N1CCC(c2ccc(S)cc2)CC1)C(F)(F)F. The summed E-state index contributed by atoms with van der Waals surface area (Å²) in [5, 5.41) is 3.55. The fourth-order valence-corrected chi connectivity index (χ4v) is 7.08. The Hall–Kier alpha value is -4.50. The van der Waals surface area contributed by atoms with Crippen molar-refractivity contribution in [2.24, 2.45) is 5.73 Å². The van der Waals surface area contributed by atoms with E-state index in [9.17, 15) is 18.0 Å². The third-order valence-corrected chi connectivity index (χ3v) is 9.96. The summed E-state index contributed by atoms with van der Waals surface area (Å²) in [6, 6.07) is 28.6. The van der Waals surface area contributed by atoms with Gasteiger partial charge in [0.25, 0.3) is 0 Å². The summed E-state index contributed by atoms with van der Waals surface area (Å²) in [5.74, 6) is -0.0988. The molecule has 2 aliphatic heterocycles. The molecule has 14 heteroatoms. The number of aromatic nitrogens is 4. The van der Waals surface area contributed by atoms with E-state index in [-0.39, 0.29) is 43.8 Å². The third-order valence-electron chi connectivity index (χ3n) is 9.66. The summed E-state index contributed by atoms with van der Waals surface area (Å²) >= 11 is 4.19. The molecule has 3 aromatic carbocycles. The molecule has 10 nitrogen and oxygen atoms in total. The number of amides is 1. The lowest BCUT2D eigenvalue weighted by molar-refractivity contribution is -0.186. The number of carbonyl (C=O) groups excluding carboxylic acids is 1. The number of nitrogens with two attached hydrogens (primary N) is 1. The van der Waals surface area contributed by atoms with Gasteiger partial charge in [0, 0.05) is 37.6 Å². The van der Waals surface area contributed by atoms with Gasteiger partial charge in [0.2, 0.25) is 0 Å². The molecular formula is C41H50F3N7O3S. The molecule has 0 spiro atoms. The molecule has 7 rings (SSSR count). The van der Waals surface area contributed by atoms with Gasteiger partial charge in [-0.2, -0.15) is 13.2 Å². The van der Waals surface area contributed by atoms with Crippen LogP contribution in [0.3, 0.4) is 0 Å². The minimum Gasteiger partial charge on any atom is -0.382 e. The van der Waals surface area contributed by atoms with E-state index in [1.54, 1.807) is 13.4 Å². The number of methoxy groups -OCH3 is 1. The molecule has 2 aliphatic rings. The second-order valence-corrected chi connectivity index (χ2v) is 13.7. The van der Waals surface area contributed by atoms with E-state index in [1.165, 1.54) is 11.1 Å². The van der Waals surface area contributed by atoms with Crippen LogP contribution < -0.4 is 11.1 Å². The van der Waals surface area contributed by atoms with Crippen molar-refractivity contribution in [1.29, 1.82) is 0 Å². The standard InChI is InChI=1S/C26H30N6O2.C13H14F3NOS.C2H6/c1-33-16-20-12-13-23(34-20)32-17-29-24-25(30-22(14-27)31-26(24)32)28-15-21(18-8-4-2-5-9-18)19-10-6-3-7-11-19;14-13(15,16)12(18)17-7-5-10(6-8-17)9-1-3-11(19)4-2-9;1-2/h2-11,17,20-21,23H,12-16,27H2,1H3,(H,28,30,31);1-4,10,19H,5-8H2;1-2H3. The first kappa shape index (κ1) is 41.7.